The molecule has 1 fully saturated rings. The van der Waals surface area contributed by atoms with Gasteiger partial charge in [-0.2, -0.15) is 0 Å². The van der Waals surface area contributed by atoms with Crippen LogP contribution >= 0.6 is 11.6 Å². The molecule has 1 amide bonds. The molecular weight excluding hydrogens is 257 g/mol. The van der Waals surface area contributed by atoms with E-state index >= 15 is 0 Å². The highest BCUT2D eigenvalue weighted by Crippen LogP contribution is 2.24. The van der Waals surface area contributed by atoms with Gasteiger partial charge in [0.2, 0.25) is 0 Å². The molecule has 0 aliphatic carbocycles. The summed E-state index contributed by atoms with van der Waals surface area (Å²) < 4.78 is 13.1. The van der Waals surface area contributed by atoms with Gasteiger partial charge in [-0.15, -0.1) is 11.6 Å². The molecular formula is C13H15ClFNO2. The highest BCUT2D eigenvalue weighted by molar-refractivity contribution is 6.18. The molecule has 0 radical (unpaired) electrons. The van der Waals surface area contributed by atoms with Crippen LogP contribution in [0.4, 0.5) is 4.39 Å². The standard InChI is InChI=1S/C13H15ClFNO2/c14-7-9-2-1-5-16(8-9)13(18)11-6-10(15)3-4-12(11)17/h3-4,6,9,17H,1-2,5,7-8H2. The summed E-state index contributed by atoms with van der Waals surface area (Å²) in [6.45, 7) is 1.19. The lowest BCUT2D eigenvalue weighted by atomic mass is 9.99. The molecule has 1 aromatic carbocycles. The van der Waals surface area contributed by atoms with Crippen molar-refractivity contribution < 1.29 is 14.3 Å². The van der Waals surface area contributed by atoms with Crippen molar-refractivity contribution in [2.45, 2.75) is 12.8 Å². The molecule has 3 nitrogen and oxygen atoms in total. The van der Waals surface area contributed by atoms with Crippen LogP contribution in [0.2, 0.25) is 0 Å². The van der Waals surface area contributed by atoms with Crippen LogP contribution in [0, 0.1) is 11.7 Å². The van der Waals surface area contributed by atoms with Gasteiger partial charge >= 0.3 is 0 Å². The Bertz CT molecular complexity index is 453. The van der Waals surface area contributed by atoms with Crippen LogP contribution in [0.3, 0.4) is 0 Å². The lowest BCUT2D eigenvalue weighted by Crippen LogP contribution is -2.40. The Morgan fingerprint density at radius 3 is 3.06 bits per heavy atom. The molecule has 98 valence electrons. The molecule has 5 heteroatoms. The Morgan fingerprint density at radius 2 is 2.33 bits per heavy atom. The van der Waals surface area contributed by atoms with E-state index in [1.807, 2.05) is 0 Å². The first-order valence-electron chi connectivity index (χ1n) is 5.95. The maximum atomic E-state index is 13.1. The quantitative estimate of drug-likeness (QED) is 0.840. The second-order valence-corrected chi connectivity index (χ2v) is 4.88. The zero-order valence-corrected chi connectivity index (χ0v) is 10.7. The van der Waals surface area contributed by atoms with Crippen molar-refractivity contribution in [1.82, 2.24) is 4.90 Å². The van der Waals surface area contributed by atoms with Crippen LogP contribution in [0.15, 0.2) is 18.2 Å². The van der Waals surface area contributed by atoms with Crippen molar-refractivity contribution >= 4 is 17.5 Å². The van der Waals surface area contributed by atoms with E-state index in [4.69, 9.17) is 11.6 Å². The van der Waals surface area contributed by atoms with Crippen molar-refractivity contribution in [3.8, 4) is 5.75 Å². The summed E-state index contributed by atoms with van der Waals surface area (Å²) in [5, 5.41) is 9.62. The number of benzene rings is 1. The summed E-state index contributed by atoms with van der Waals surface area (Å²) in [6, 6.07) is 3.40. The minimum absolute atomic E-state index is 0.0187. The van der Waals surface area contributed by atoms with Crippen LogP contribution < -0.4 is 0 Å². The Balaban J connectivity index is 2.17. The first-order chi connectivity index (χ1) is 8.61. The molecule has 1 aliphatic rings. The minimum Gasteiger partial charge on any atom is -0.507 e. The van der Waals surface area contributed by atoms with Gasteiger partial charge in [0.25, 0.3) is 5.91 Å². The van der Waals surface area contributed by atoms with E-state index in [9.17, 15) is 14.3 Å². The fourth-order valence-electron chi connectivity index (χ4n) is 2.23. The number of hydrogen-bond donors (Lipinski definition) is 1. The van der Waals surface area contributed by atoms with Gasteiger partial charge in [-0.05, 0) is 37.0 Å². The molecule has 0 bridgehead atoms. The van der Waals surface area contributed by atoms with Gasteiger partial charge in [-0.3, -0.25) is 4.79 Å². The Labute approximate surface area is 110 Å². The van der Waals surface area contributed by atoms with Crippen molar-refractivity contribution in [3.05, 3.63) is 29.6 Å². The predicted molar refractivity (Wildman–Crippen MR) is 67.4 cm³/mol. The smallest absolute Gasteiger partial charge is 0.257 e. The van der Waals surface area contributed by atoms with Crippen molar-refractivity contribution in [2.24, 2.45) is 5.92 Å². The number of carbonyl (C=O) groups is 1. The average molecular weight is 272 g/mol. The maximum absolute atomic E-state index is 13.1. The lowest BCUT2D eigenvalue weighted by molar-refractivity contribution is 0.0681. The minimum atomic E-state index is -0.526. The van der Waals surface area contributed by atoms with Crippen molar-refractivity contribution in [1.29, 1.82) is 0 Å². The van der Waals surface area contributed by atoms with Crippen LogP contribution in [0.1, 0.15) is 23.2 Å². The first kappa shape index (κ1) is 13.1. The van der Waals surface area contributed by atoms with E-state index in [1.54, 1.807) is 4.90 Å². The Morgan fingerprint density at radius 1 is 1.56 bits per heavy atom. The average Bonchev–Trinajstić information content (AvgIpc) is 2.41. The molecule has 0 aromatic heterocycles. The molecule has 1 aromatic rings. The number of carbonyl (C=O) groups excluding carboxylic acids is 1. The number of amides is 1. The Kier molecular flexibility index (Phi) is 4.07. The molecule has 1 aliphatic heterocycles. The van der Waals surface area contributed by atoms with Gasteiger partial charge < -0.3 is 10.0 Å². The van der Waals surface area contributed by atoms with Gasteiger partial charge in [0.15, 0.2) is 0 Å². The van der Waals surface area contributed by atoms with E-state index < -0.39 is 5.82 Å². The topological polar surface area (TPSA) is 40.5 Å². The van der Waals surface area contributed by atoms with Crippen molar-refractivity contribution in [3.63, 3.8) is 0 Å². The molecule has 18 heavy (non-hydrogen) atoms. The van der Waals surface area contributed by atoms with E-state index in [0.717, 1.165) is 25.0 Å². The summed E-state index contributed by atoms with van der Waals surface area (Å²) in [7, 11) is 0. The Hall–Kier alpha value is -1.29. The van der Waals surface area contributed by atoms with Gasteiger partial charge in [0.05, 0.1) is 5.56 Å². The molecule has 2 rings (SSSR count). The fraction of sp³-hybridized carbons (Fsp3) is 0.462. The monoisotopic (exact) mass is 271 g/mol. The number of phenolic OH excluding ortho intramolecular Hbond substituents is 1. The number of nitrogens with zero attached hydrogens (tertiary/aromatic N) is 1. The molecule has 1 heterocycles. The van der Waals surface area contributed by atoms with Crippen molar-refractivity contribution in [2.75, 3.05) is 19.0 Å². The molecule has 1 atom stereocenters. The summed E-state index contributed by atoms with van der Waals surface area (Å²) in [4.78, 5) is 13.8. The zero-order chi connectivity index (χ0) is 13.1. The third kappa shape index (κ3) is 2.75. The zero-order valence-electron chi connectivity index (χ0n) is 9.90. The largest absolute Gasteiger partial charge is 0.507 e. The molecule has 1 N–H and O–H groups in total. The van der Waals surface area contributed by atoms with E-state index in [1.165, 1.54) is 6.07 Å². The molecule has 1 unspecified atom stereocenters. The molecule has 1 saturated heterocycles. The first-order valence-corrected chi connectivity index (χ1v) is 6.49. The number of phenols is 1. The number of halogens is 2. The third-order valence-corrected chi connectivity index (χ3v) is 3.65. The second kappa shape index (κ2) is 5.57. The maximum Gasteiger partial charge on any atom is 0.257 e. The van der Waals surface area contributed by atoms with Crippen LogP contribution in [-0.2, 0) is 0 Å². The third-order valence-electron chi connectivity index (χ3n) is 3.21. The van der Waals surface area contributed by atoms with Gasteiger partial charge in [0, 0.05) is 19.0 Å². The fourth-order valence-corrected chi connectivity index (χ4v) is 2.48. The number of likely N-dealkylation sites (tertiary alicyclic amines) is 1. The summed E-state index contributed by atoms with van der Waals surface area (Å²) >= 11 is 5.81. The second-order valence-electron chi connectivity index (χ2n) is 4.58. The van der Waals surface area contributed by atoms with Crippen LogP contribution in [-0.4, -0.2) is 34.9 Å². The number of alkyl halides is 1. The van der Waals surface area contributed by atoms with E-state index in [2.05, 4.69) is 0 Å². The van der Waals surface area contributed by atoms with Gasteiger partial charge in [-0.25, -0.2) is 4.39 Å². The number of aromatic hydroxyl groups is 1. The van der Waals surface area contributed by atoms with Crippen LogP contribution in [0.25, 0.3) is 0 Å². The number of hydrogen-bond acceptors (Lipinski definition) is 2. The van der Waals surface area contributed by atoms with Gasteiger partial charge in [0.1, 0.15) is 11.6 Å². The highest BCUT2D eigenvalue weighted by atomic mass is 35.5. The molecule has 0 saturated carbocycles. The summed E-state index contributed by atoms with van der Waals surface area (Å²) in [5.74, 6) is -0.253. The normalized spacial score (nSPS) is 19.9. The van der Waals surface area contributed by atoms with E-state index in [0.29, 0.717) is 19.0 Å². The SMILES string of the molecule is O=C(c1cc(F)ccc1O)N1CCCC(CCl)C1. The predicted octanol–water partition coefficient (Wildman–Crippen LogP) is 2.62. The lowest BCUT2D eigenvalue weighted by Gasteiger charge is -2.32. The highest BCUT2D eigenvalue weighted by Gasteiger charge is 2.25. The van der Waals surface area contributed by atoms with E-state index in [-0.39, 0.29) is 23.1 Å². The number of piperidine rings is 1. The summed E-state index contributed by atoms with van der Waals surface area (Å²) in [5.41, 5.74) is 0.0187. The van der Waals surface area contributed by atoms with Gasteiger partial charge in [-0.1, -0.05) is 0 Å². The van der Waals surface area contributed by atoms with Crippen LogP contribution in [0.5, 0.6) is 5.75 Å². The summed E-state index contributed by atoms with van der Waals surface area (Å²) in [6.07, 6.45) is 1.89. The number of rotatable bonds is 2. The molecule has 0 spiro atoms.